The van der Waals surface area contributed by atoms with E-state index >= 15 is 0 Å². The van der Waals surface area contributed by atoms with E-state index in [1.807, 2.05) is 0 Å². The van der Waals surface area contributed by atoms with Gasteiger partial charge in [-0.05, 0) is 48.7 Å². The molecule has 1 heterocycles. The Morgan fingerprint density at radius 2 is 1.96 bits per heavy atom. The van der Waals surface area contributed by atoms with Crippen LogP contribution in [-0.2, 0) is 16.4 Å². The second-order valence-corrected chi connectivity index (χ2v) is 7.15. The zero-order valence-corrected chi connectivity index (χ0v) is 13.5. The van der Waals surface area contributed by atoms with Gasteiger partial charge in [-0.15, -0.1) is 0 Å². The third kappa shape index (κ3) is 3.28. The van der Waals surface area contributed by atoms with Gasteiger partial charge in [0.05, 0.1) is 4.90 Å². The van der Waals surface area contributed by atoms with Crippen LogP contribution < -0.4 is 4.72 Å². The zero-order valence-electron chi connectivity index (χ0n) is 12.6. The molecule has 2 aromatic carbocycles. The lowest BCUT2D eigenvalue weighted by Gasteiger charge is -2.08. The smallest absolute Gasteiger partial charge is 0.240 e. The minimum atomic E-state index is -3.52. The Morgan fingerprint density at radius 3 is 2.74 bits per heavy atom. The van der Waals surface area contributed by atoms with Crippen molar-refractivity contribution >= 4 is 20.9 Å². The summed E-state index contributed by atoms with van der Waals surface area (Å²) in [6.45, 7) is 2.05. The summed E-state index contributed by atoms with van der Waals surface area (Å²) in [7, 11) is -3.52. The fraction of sp³-hybridized carbons (Fsp3) is 0.176. The molecule has 0 bridgehead atoms. The highest BCUT2D eigenvalue weighted by atomic mass is 32.2. The van der Waals surface area contributed by atoms with Crippen molar-refractivity contribution in [2.45, 2.75) is 18.2 Å². The monoisotopic (exact) mass is 332 g/mol. The fourth-order valence-corrected chi connectivity index (χ4v) is 3.90. The number of hydrogen-bond acceptors (Lipinski definition) is 2. The fourth-order valence-electron chi connectivity index (χ4n) is 2.62. The van der Waals surface area contributed by atoms with Crippen LogP contribution in [0.4, 0.5) is 4.39 Å². The number of nitrogens with one attached hydrogen (secondary N) is 2. The minimum Gasteiger partial charge on any atom is -0.361 e. The molecule has 0 aliphatic carbocycles. The first-order chi connectivity index (χ1) is 11.0. The third-order valence-electron chi connectivity index (χ3n) is 3.80. The van der Waals surface area contributed by atoms with Crippen molar-refractivity contribution in [1.29, 1.82) is 0 Å². The van der Waals surface area contributed by atoms with Crippen LogP contribution in [0, 0.1) is 12.7 Å². The predicted octanol–water partition coefficient (Wildman–Crippen LogP) is 3.14. The molecule has 0 atom stereocenters. The van der Waals surface area contributed by atoms with Crippen molar-refractivity contribution in [3.8, 4) is 0 Å². The molecule has 4 nitrogen and oxygen atoms in total. The van der Waals surface area contributed by atoms with Crippen molar-refractivity contribution in [2.24, 2.45) is 0 Å². The van der Waals surface area contributed by atoms with Crippen molar-refractivity contribution in [3.63, 3.8) is 0 Å². The van der Waals surface area contributed by atoms with Gasteiger partial charge in [0.1, 0.15) is 5.82 Å². The summed E-state index contributed by atoms with van der Waals surface area (Å²) in [5.74, 6) is -0.300. The van der Waals surface area contributed by atoms with Crippen LogP contribution in [0.25, 0.3) is 10.9 Å². The summed E-state index contributed by atoms with van der Waals surface area (Å²) >= 11 is 0. The molecule has 0 saturated heterocycles. The first kappa shape index (κ1) is 15.7. The standard InChI is InChI=1S/C17H17FN2O2S/c1-12-4-2-3-5-17(12)23(21,22)20-9-8-13-11-19-16-10-14(18)6-7-15(13)16/h2-7,10-11,19-20H,8-9H2,1H3. The molecule has 0 amide bonds. The summed E-state index contributed by atoms with van der Waals surface area (Å²) < 4.78 is 40.4. The number of halogens is 1. The van der Waals surface area contributed by atoms with Gasteiger partial charge in [0, 0.05) is 23.6 Å². The summed E-state index contributed by atoms with van der Waals surface area (Å²) in [6, 6.07) is 11.4. The largest absolute Gasteiger partial charge is 0.361 e. The second-order valence-electron chi connectivity index (χ2n) is 5.42. The van der Waals surface area contributed by atoms with E-state index in [0.717, 1.165) is 10.9 Å². The van der Waals surface area contributed by atoms with E-state index in [9.17, 15) is 12.8 Å². The molecule has 0 aliphatic rings. The number of H-pyrrole nitrogens is 1. The van der Waals surface area contributed by atoms with Gasteiger partial charge in [-0.2, -0.15) is 0 Å². The van der Waals surface area contributed by atoms with E-state index in [2.05, 4.69) is 9.71 Å². The highest BCUT2D eigenvalue weighted by molar-refractivity contribution is 7.89. The van der Waals surface area contributed by atoms with Crippen molar-refractivity contribution in [2.75, 3.05) is 6.54 Å². The molecule has 0 fully saturated rings. The van der Waals surface area contributed by atoms with Crippen LogP contribution >= 0.6 is 0 Å². The van der Waals surface area contributed by atoms with Crippen LogP contribution in [-0.4, -0.2) is 19.9 Å². The Morgan fingerprint density at radius 1 is 1.17 bits per heavy atom. The summed E-state index contributed by atoms with van der Waals surface area (Å²) in [6.07, 6.45) is 2.31. The molecule has 0 aliphatic heterocycles. The molecule has 0 spiro atoms. The van der Waals surface area contributed by atoms with Crippen LogP contribution in [0.2, 0.25) is 0 Å². The highest BCUT2D eigenvalue weighted by Gasteiger charge is 2.15. The molecular weight excluding hydrogens is 315 g/mol. The molecular formula is C17H17FN2O2S. The third-order valence-corrected chi connectivity index (χ3v) is 5.42. The number of fused-ring (bicyclic) bond motifs is 1. The summed E-state index contributed by atoms with van der Waals surface area (Å²) in [5, 5.41) is 0.904. The Labute approximate surface area is 134 Å². The molecule has 3 aromatic rings. The van der Waals surface area contributed by atoms with Gasteiger partial charge in [-0.3, -0.25) is 0 Å². The molecule has 3 rings (SSSR count). The summed E-state index contributed by atoms with van der Waals surface area (Å²) in [4.78, 5) is 3.29. The van der Waals surface area contributed by atoms with E-state index in [1.54, 1.807) is 43.5 Å². The average Bonchev–Trinajstić information content (AvgIpc) is 2.89. The predicted molar refractivity (Wildman–Crippen MR) is 88.3 cm³/mol. The molecule has 0 unspecified atom stereocenters. The maximum absolute atomic E-state index is 13.2. The summed E-state index contributed by atoms with van der Waals surface area (Å²) in [5.41, 5.74) is 2.37. The number of aromatic nitrogens is 1. The highest BCUT2D eigenvalue weighted by Crippen LogP contribution is 2.20. The van der Waals surface area contributed by atoms with Crippen LogP contribution in [0.3, 0.4) is 0 Å². The quantitative estimate of drug-likeness (QED) is 0.754. The van der Waals surface area contributed by atoms with E-state index in [4.69, 9.17) is 0 Å². The van der Waals surface area contributed by atoms with Gasteiger partial charge in [-0.1, -0.05) is 18.2 Å². The lowest BCUT2D eigenvalue weighted by Crippen LogP contribution is -2.26. The SMILES string of the molecule is Cc1ccccc1S(=O)(=O)NCCc1c[nH]c2cc(F)ccc12. The number of rotatable bonds is 5. The van der Waals surface area contributed by atoms with Crippen LogP contribution in [0.1, 0.15) is 11.1 Å². The van der Waals surface area contributed by atoms with E-state index in [0.29, 0.717) is 22.4 Å². The lowest BCUT2D eigenvalue weighted by atomic mass is 10.1. The number of aromatic amines is 1. The van der Waals surface area contributed by atoms with Gasteiger partial charge in [0.2, 0.25) is 10.0 Å². The normalized spacial score (nSPS) is 11.9. The van der Waals surface area contributed by atoms with E-state index in [1.165, 1.54) is 12.1 Å². The number of sulfonamides is 1. The van der Waals surface area contributed by atoms with Crippen molar-refractivity contribution in [1.82, 2.24) is 9.71 Å². The zero-order chi connectivity index (χ0) is 16.4. The number of benzene rings is 2. The Bertz CT molecular complexity index is 948. The van der Waals surface area contributed by atoms with Crippen LogP contribution in [0.5, 0.6) is 0 Å². The average molecular weight is 332 g/mol. The van der Waals surface area contributed by atoms with Gasteiger partial charge in [-0.25, -0.2) is 17.5 Å². The van der Waals surface area contributed by atoms with Gasteiger partial charge < -0.3 is 4.98 Å². The van der Waals surface area contributed by atoms with Crippen LogP contribution in [0.15, 0.2) is 53.6 Å². The minimum absolute atomic E-state index is 0.279. The molecule has 120 valence electrons. The molecule has 2 N–H and O–H groups in total. The molecule has 0 saturated carbocycles. The number of aryl methyl sites for hydroxylation is 1. The Hall–Kier alpha value is -2.18. The molecule has 1 aromatic heterocycles. The maximum atomic E-state index is 13.2. The van der Waals surface area contributed by atoms with E-state index < -0.39 is 10.0 Å². The van der Waals surface area contributed by atoms with Gasteiger partial charge in [0.15, 0.2) is 0 Å². The van der Waals surface area contributed by atoms with E-state index in [-0.39, 0.29) is 12.4 Å². The maximum Gasteiger partial charge on any atom is 0.240 e. The van der Waals surface area contributed by atoms with Gasteiger partial charge >= 0.3 is 0 Å². The first-order valence-electron chi connectivity index (χ1n) is 7.28. The van der Waals surface area contributed by atoms with Crippen molar-refractivity contribution in [3.05, 3.63) is 65.6 Å². The first-order valence-corrected chi connectivity index (χ1v) is 8.76. The second kappa shape index (κ2) is 6.14. The van der Waals surface area contributed by atoms with Gasteiger partial charge in [0.25, 0.3) is 0 Å². The molecule has 23 heavy (non-hydrogen) atoms. The van der Waals surface area contributed by atoms with Crippen molar-refractivity contribution < 1.29 is 12.8 Å². The number of hydrogen-bond donors (Lipinski definition) is 2. The molecule has 6 heteroatoms. The Kier molecular flexibility index (Phi) is 4.19. The Balaban J connectivity index is 1.72. The topological polar surface area (TPSA) is 62.0 Å². The molecule has 0 radical (unpaired) electrons. The lowest BCUT2D eigenvalue weighted by molar-refractivity contribution is 0.581.